The van der Waals surface area contributed by atoms with E-state index in [-0.39, 0.29) is 0 Å². The van der Waals surface area contributed by atoms with E-state index in [4.69, 9.17) is 0 Å². The molecule has 1 aromatic heterocycles. The van der Waals surface area contributed by atoms with Crippen molar-refractivity contribution in [1.29, 1.82) is 0 Å². The van der Waals surface area contributed by atoms with Crippen LogP contribution in [0.25, 0.3) is 5.69 Å². The van der Waals surface area contributed by atoms with E-state index >= 15 is 0 Å². The Kier molecular flexibility index (Phi) is 6.08. The van der Waals surface area contributed by atoms with Crippen LogP contribution in [0.4, 0.5) is 0 Å². The molecule has 112 valence electrons. The van der Waals surface area contributed by atoms with Crippen LogP contribution in [0.5, 0.6) is 0 Å². The highest BCUT2D eigenvalue weighted by molar-refractivity contribution is 7.98. The van der Waals surface area contributed by atoms with Crippen molar-refractivity contribution in [2.45, 2.75) is 6.54 Å². The first-order chi connectivity index (χ1) is 10.3. The molecule has 0 atom stereocenters. The Balaban J connectivity index is 1.96. The van der Waals surface area contributed by atoms with Crippen LogP contribution in [0.1, 0.15) is 5.82 Å². The normalized spacial score (nSPS) is 11.4. The molecular formula is C14H20N6S. The van der Waals surface area contributed by atoms with E-state index in [1.165, 1.54) is 0 Å². The highest BCUT2D eigenvalue weighted by Crippen LogP contribution is 2.08. The molecule has 0 saturated heterocycles. The van der Waals surface area contributed by atoms with Crippen molar-refractivity contribution in [3.05, 3.63) is 42.5 Å². The third kappa shape index (κ3) is 4.49. The number of hydrogen-bond acceptors (Lipinski definition) is 4. The molecule has 2 rings (SSSR count). The first-order valence-electron chi connectivity index (χ1n) is 6.73. The summed E-state index contributed by atoms with van der Waals surface area (Å²) in [5, 5.41) is 14.6. The quantitative estimate of drug-likeness (QED) is 0.478. The molecule has 2 N–H and O–H groups in total. The van der Waals surface area contributed by atoms with Crippen molar-refractivity contribution < 1.29 is 0 Å². The van der Waals surface area contributed by atoms with Crippen LogP contribution < -0.4 is 10.6 Å². The molecule has 0 bridgehead atoms. The third-order valence-corrected chi connectivity index (χ3v) is 3.50. The van der Waals surface area contributed by atoms with Crippen LogP contribution in [0.2, 0.25) is 0 Å². The van der Waals surface area contributed by atoms with Gasteiger partial charge in [0.15, 0.2) is 11.8 Å². The summed E-state index contributed by atoms with van der Waals surface area (Å²) in [4.78, 5) is 4.19. The Labute approximate surface area is 129 Å². The monoisotopic (exact) mass is 304 g/mol. The highest BCUT2D eigenvalue weighted by Gasteiger charge is 2.06. The van der Waals surface area contributed by atoms with E-state index in [0.717, 1.165) is 29.8 Å². The highest BCUT2D eigenvalue weighted by atomic mass is 32.2. The largest absolute Gasteiger partial charge is 0.356 e. The maximum Gasteiger partial charge on any atom is 0.191 e. The number of aliphatic imine (C=N–C) groups is 1. The summed E-state index contributed by atoms with van der Waals surface area (Å²) in [6.07, 6.45) is 3.80. The molecule has 1 aromatic carbocycles. The van der Waals surface area contributed by atoms with Gasteiger partial charge in [-0.2, -0.15) is 11.8 Å². The maximum absolute atomic E-state index is 4.19. The minimum atomic E-state index is 0.563. The molecule has 1 heterocycles. The summed E-state index contributed by atoms with van der Waals surface area (Å²) < 4.78 is 1.96. The van der Waals surface area contributed by atoms with E-state index in [1.54, 1.807) is 25.1 Å². The van der Waals surface area contributed by atoms with Gasteiger partial charge in [-0.15, -0.1) is 10.2 Å². The third-order valence-electron chi connectivity index (χ3n) is 2.89. The Morgan fingerprint density at radius 2 is 2.10 bits per heavy atom. The minimum Gasteiger partial charge on any atom is -0.356 e. The SMILES string of the molecule is CN=C(NCCSC)NCc1nncn1-c1ccccc1. The van der Waals surface area contributed by atoms with Gasteiger partial charge in [0.05, 0.1) is 6.54 Å². The second-order valence-corrected chi connectivity index (χ2v) is 5.28. The van der Waals surface area contributed by atoms with Crippen LogP contribution >= 0.6 is 11.8 Å². The molecule has 0 amide bonds. The standard InChI is InChI=1S/C14H20N6S/c1-15-14(16-8-9-21-2)17-10-13-19-18-11-20(13)12-6-4-3-5-7-12/h3-7,11H,8-10H2,1-2H3,(H2,15,16,17). The van der Waals surface area contributed by atoms with Gasteiger partial charge < -0.3 is 10.6 Å². The van der Waals surface area contributed by atoms with Gasteiger partial charge in [0.2, 0.25) is 0 Å². The molecule has 0 fully saturated rings. The van der Waals surface area contributed by atoms with Gasteiger partial charge in [0, 0.05) is 25.0 Å². The van der Waals surface area contributed by atoms with Gasteiger partial charge in [-0.25, -0.2) is 0 Å². The van der Waals surface area contributed by atoms with Crippen LogP contribution in [-0.4, -0.2) is 46.3 Å². The lowest BCUT2D eigenvalue weighted by Gasteiger charge is -2.12. The molecule has 0 unspecified atom stereocenters. The van der Waals surface area contributed by atoms with Crippen LogP contribution in [0.15, 0.2) is 41.7 Å². The number of guanidine groups is 1. The molecule has 0 spiro atoms. The van der Waals surface area contributed by atoms with Crippen molar-refractivity contribution in [3.63, 3.8) is 0 Å². The molecular weight excluding hydrogens is 284 g/mol. The predicted molar refractivity (Wildman–Crippen MR) is 87.9 cm³/mol. The fourth-order valence-electron chi connectivity index (χ4n) is 1.84. The Morgan fingerprint density at radius 1 is 1.29 bits per heavy atom. The van der Waals surface area contributed by atoms with Crippen molar-refractivity contribution in [3.8, 4) is 5.69 Å². The van der Waals surface area contributed by atoms with Gasteiger partial charge >= 0.3 is 0 Å². The van der Waals surface area contributed by atoms with E-state index in [1.807, 2.05) is 34.9 Å². The van der Waals surface area contributed by atoms with Crippen LogP contribution in [0.3, 0.4) is 0 Å². The number of nitrogens with one attached hydrogen (secondary N) is 2. The second-order valence-electron chi connectivity index (χ2n) is 4.30. The van der Waals surface area contributed by atoms with Crippen LogP contribution in [0, 0.1) is 0 Å². The van der Waals surface area contributed by atoms with Crippen molar-refractivity contribution in [2.24, 2.45) is 4.99 Å². The molecule has 0 aliphatic carbocycles. The fourth-order valence-corrected chi connectivity index (χ4v) is 2.14. The fraction of sp³-hybridized carbons (Fsp3) is 0.357. The first-order valence-corrected chi connectivity index (χ1v) is 8.12. The minimum absolute atomic E-state index is 0.563. The summed E-state index contributed by atoms with van der Waals surface area (Å²) in [7, 11) is 1.76. The Hall–Kier alpha value is -2.02. The van der Waals surface area contributed by atoms with Gasteiger partial charge in [-0.3, -0.25) is 9.56 Å². The van der Waals surface area contributed by atoms with Crippen LogP contribution in [-0.2, 0) is 6.54 Å². The average Bonchev–Trinajstić information content (AvgIpc) is 3.00. The summed E-state index contributed by atoms with van der Waals surface area (Å²) in [5.74, 6) is 2.65. The lowest BCUT2D eigenvalue weighted by Crippen LogP contribution is -2.38. The zero-order chi connectivity index (χ0) is 14.9. The number of nitrogens with zero attached hydrogens (tertiary/aromatic N) is 4. The lowest BCUT2D eigenvalue weighted by molar-refractivity contribution is 0.763. The molecule has 21 heavy (non-hydrogen) atoms. The zero-order valence-electron chi connectivity index (χ0n) is 12.3. The number of rotatable bonds is 6. The molecule has 0 saturated carbocycles. The zero-order valence-corrected chi connectivity index (χ0v) is 13.1. The van der Waals surface area contributed by atoms with E-state index in [2.05, 4.69) is 32.1 Å². The number of aromatic nitrogens is 3. The van der Waals surface area contributed by atoms with E-state index in [9.17, 15) is 0 Å². The maximum atomic E-state index is 4.19. The lowest BCUT2D eigenvalue weighted by atomic mass is 10.3. The summed E-state index contributed by atoms with van der Waals surface area (Å²) >= 11 is 1.80. The Morgan fingerprint density at radius 3 is 2.81 bits per heavy atom. The number of hydrogen-bond donors (Lipinski definition) is 2. The van der Waals surface area contributed by atoms with Gasteiger partial charge in [0.25, 0.3) is 0 Å². The summed E-state index contributed by atoms with van der Waals surface area (Å²) in [6.45, 7) is 1.44. The van der Waals surface area contributed by atoms with Crippen molar-refractivity contribution >= 4 is 17.7 Å². The molecule has 2 aromatic rings. The van der Waals surface area contributed by atoms with Crippen molar-refractivity contribution in [2.75, 3.05) is 25.6 Å². The summed E-state index contributed by atoms with van der Waals surface area (Å²) in [5.41, 5.74) is 1.05. The molecule has 6 nitrogen and oxygen atoms in total. The van der Waals surface area contributed by atoms with Gasteiger partial charge in [-0.1, -0.05) is 18.2 Å². The molecule has 0 radical (unpaired) electrons. The molecule has 0 aliphatic heterocycles. The first kappa shape index (κ1) is 15.4. The van der Waals surface area contributed by atoms with E-state index < -0.39 is 0 Å². The number of thioether (sulfide) groups is 1. The van der Waals surface area contributed by atoms with E-state index in [0.29, 0.717) is 6.54 Å². The molecule has 0 aliphatic rings. The average molecular weight is 304 g/mol. The summed E-state index contributed by atoms with van der Waals surface area (Å²) in [6, 6.07) is 10.0. The van der Waals surface area contributed by atoms with Crippen molar-refractivity contribution in [1.82, 2.24) is 25.4 Å². The smallest absolute Gasteiger partial charge is 0.191 e. The van der Waals surface area contributed by atoms with Gasteiger partial charge in [-0.05, 0) is 18.4 Å². The number of benzene rings is 1. The predicted octanol–water partition coefficient (Wildman–Crippen LogP) is 1.30. The Bertz CT molecular complexity index is 566. The topological polar surface area (TPSA) is 67.1 Å². The second kappa shape index (κ2) is 8.31. The van der Waals surface area contributed by atoms with Gasteiger partial charge in [0.1, 0.15) is 6.33 Å². The number of para-hydroxylation sites is 1. The molecule has 7 heteroatoms.